The number of aromatic nitrogens is 1. The minimum Gasteiger partial charge on any atom is -0.457 e. The van der Waals surface area contributed by atoms with Gasteiger partial charge in [-0.2, -0.15) is 0 Å². The topological polar surface area (TPSA) is 56.2 Å². The van der Waals surface area contributed by atoms with Gasteiger partial charge in [0.25, 0.3) is 0 Å². The Balaban J connectivity index is 2.25. The molecule has 0 fully saturated rings. The zero-order valence-electron chi connectivity index (χ0n) is 6.61. The van der Waals surface area contributed by atoms with Crippen LogP contribution in [0.1, 0.15) is 21.9 Å². The van der Waals surface area contributed by atoms with E-state index in [0.717, 1.165) is 22.6 Å². The summed E-state index contributed by atoms with van der Waals surface area (Å²) < 4.78 is 10.3. The van der Waals surface area contributed by atoms with Crippen LogP contribution in [0.3, 0.4) is 0 Å². The van der Waals surface area contributed by atoms with Crippen molar-refractivity contribution in [3.8, 4) is 11.3 Å². The molecule has 2 heterocycles. The summed E-state index contributed by atoms with van der Waals surface area (Å²) in [6.07, 6.45) is 3.03. The molecule has 0 saturated carbocycles. The standard InChI is InChI=1S/C9H5NO3/c11-4-6-2-7-8(12-6)1-5-3-10-13-9(5)7/h2-4H,1H2. The quantitative estimate of drug-likeness (QED) is 0.527. The molecule has 0 atom stereocenters. The van der Waals surface area contributed by atoms with E-state index in [9.17, 15) is 4.79 Å². The number of nitrogens with zero attached hydrogens (tertiary/aromatic N) is 1. The predicted octanol–water partition coefficient (Wildman–Crippen LogP) is 1.65. The van der Waals surface area contributed by atoms with Gasteiger partial charge in [-0.15, -0.1) is 0 Å². The van der Waals surface area contributed by atoms with Crippen LogP contribution in [0.15, 0.2) is 21.2 Å². The second-order valence-corrected chi connectivity index (χ2v) is 2.96. The lowest BCUT2D eigenvalue weighted by molar-refractivity contribution is 0.109. The fraction of sp³-hybridized carbons (Fsp3) is 0.111. The number of hydrogen-bond acceptors (Lipinski definition) is 4. The van der Waals surface area contributed by atoms with Crippen molar-refractivity contribution in [1.82, 2.24) is 5.16 Å². The first-order valence-electron chi connectivity index (χ1n) is 3.90. The first-order chi connectivity index (χ1) is 6.38. The third kappa shape index (κ3) is 0.744. The fourth-order valence-electron chi connectivity index (χ4n) is 1.61. The summed E-state index contributed by atoms with van der Waals surface area (Å²) in [5.74, 6) is 1.86. The van der Waals surface area contributed by atoms with Crippen molar-refractivity contribution in [3.05, 3.63) is 29.3 Å². The van der Waals surface area contributed by atoms with Crippen LogP contribution in [-0.4, -0.2) is 11.4 Å². The SMILES string of the molecule is O=Cc1cc2c(o1)Cc1cnoc1-2. The molecule has 64 valence electrons. The van der Waals surface area contributed by atoms with E-state index in [1.807, 2.05) is 0 Å². The molecule has 0 saturated heterocycles. The molecule has 4 heteroatoms. The van der Waals surface area contributed by atoms with E-state index >= 15 is 0 Å². The van der Waals surface area contributed by atoms with Gasteiger partial charge in [0.1, 0.15) is 5.76 Å². The molecule has 0 spiro atoms. The zero-order chi connectivity index (χ0) is 8.84. The number of aldehydes is 1. The minimum absolute atomic E-state index is 0.340. The van der Waals surface area contributed by atoms with Crippen LogP contribution >= 0.6 is 0 Å². The molecule has 2 aromatic rings. The molecule has 13 heavy (non-hydrogen) atoms. The first-order valence-corrected chi connectivity index (χ1v) is 3.90. The molecular formula is C9H5NO3. The lowest BCUT2D eigenvalue weighted by atomic mass is 10.2. The third-order valence-electron chi connectivity index (χ3n) is 2.18. The smallest absolute Gasteiger partial charge is 0.185 e. The fourth-order valence-corrected chi connectivity index (χ4v) is 1.61. The average Bonchev–Trinajstić information content (AvgIpc) is 2.72. The van der Waals surface area contributed by atoms with Crippen LogP contribution in [0.5, 0.6) is 0 Å². The Bertz CT molecular complexity index is 481. The highest BCUT2D eigenvalue weighted by molar-refractivity contribution is 5.78. The Morgan fingerprint density at radius 1 is 1.54 bits per heavy atom. The molecule has 0 aromatic carbocycles. The normalized spacial score (nSPS) is 12.6. The Labute approximate surface area is 73.1 Å². The van der Waals surface area contributed by atoms with Gasteiger partial charge in [0.2, 0.25) is 0 Å². The maximum atomic E-state index is 10.4. The highest BCUT2D eigenvalue weighted by Crippen LogP contribution is 2.37. The Hall–Kier alpha value is -1.84. The van der Waals surface area contributed by atoms with Crippen molar-refractivity contribution < 1.29 is 13.7 Å². The van der Waals surface area contributed by atoms with Crippen LogP contribution in [0.2, 0.25) is 0 Å². The molecule has 4 nitrogen and oxygen atoms in total. The van der Waals surface area contributed by atoms with Crippen LogP contribution < -0.4 is 0 Å². The van der Waals surface area contributed by atoms with Gasteiger partial charge in [-0.25, -0.2) is 0 Å². The molecule has 3 rings (SSSR count). The molecule has 2 aromatic heterocycles. The number of furan rings is 1. The van der Waals surface area contributed by atoms with Crippen LogP contribution in [-0.2, 0) is 6.42 Å². The van der Waals surface area contributed by atoms with Crippen molar-refractivity contribution in [2.24, 2.45) is 0 Å². The molecular weight excluding hydrogens is 170 g/mol. The second kappa shape index (κ2) is 2.10. The molecule has 1 aliphatic carbocycles. The predicted molar refractivity (Wildman–Crippen MR) is 42.4 cm³/mol. The summed E-state index contributed by atoms with van der Waals surface area (Å²) in [4.78, 5) is 10.4. The van der Waals surface area contributed by atoms with E-state index < -0.39 is 0 Å². The molecule has 0 amide bonds. The molecule has 0 aliphatic heterocycles. The highest BCUT2D eigenvalue weighted by atomic mass is 16.5. The Kier molecular flexibility index (Phi) is 1.07. The van der Waals surface area contributed by atoms with E-state index in [1.54, 1.807) is 12.3 Å². The number of hydrogen-bond donors (Lipinski definition) is 0. The number of carbonyl (C=O) groups is 1. The van der Waals surface area contributed by atoms with E-state index in [4.69, 9.17) is 8.94 Å². The molecule has 0 N–H and O–H groups in total. The van der Waals surface area contributed by atoms with Gasteiger partial charge in [0.05, 0.1) is 11.8 Å². The maximum Gasteiger partial charge on any atom is 0.185 e. The van der Waals surface area contributed by atoms with Crippen molar-refractivity contribution >= 4 is 6.29 Å². The highest BCUT2D eigenvalue weighted by Gasteiger charge is 2.26. The largest absolute Gasteiger partial charge is 0.457 e. The number of rotatable bonds is 1. The van der Waals surface area contributed by atoms with Gasteiger partial charge in [0.15, 0.2) is 17.8 Å². The van der Waals surface area contributed by atoms with E-state index in [0.29, 0.717) is 18.5 Å². The van der Waals surface area contributed by atoms with Crippen molar-refractivity contribution in [2.75, 3.05) is 0 Å². The first kappa shape index (κ1) is 6.65. The van der Waals surface area contributed by atoms with Crippen LogP contribution in [0.25, 0.3) is 11.3 Å². The summed E-state index contributed by atoms with van der Waals surface area (Å²) in [6.45, 7) is 0. The Morgan fingerprint density at radius 3 is 3.31 bits per heavy atom. The van der Waals surface area contributed by atoms with Gasteiger partial charge >= 0.3 is 0 Å². The van der Waals surface area contributed by atoms with Crippen LogP contribution in [0.4, 0.5) is 0 Å². The van der Waals surface area contributed by atoms with Gasteiger partial charge in [0, 0.05) is 12.0 Å². The second-order valence-electron chi connectivity index (χ2n) is 2.96. The summed E-state index contributed by atoms with van der Waals surface area (Å²) in [5, 5.41) is 3.67. The summed E-state index contributed by atoms with van der Waals surface area (Å²) in [6, 6.07) is 1.68. The monoisotopic (exact) mass is 175 g/mol. The van der Waals surface area contributed by atoms with Crippen molar-refractivity contribution in [3.63, 3.8) is 0 Å². The maximum absolute atomic E-state index is 10.4. The number of fused-ring (bicyclic) bond motifs is 3. The summed E-state index contributed by atoms with van der Waals surface area (Å²) in [5.41, 5.74) is 1.88. The average molecular weight is 175 g/mol. The van der Waals surface area contributed by atoms with Crippen molar-refractivity contribution in [2.45, 2.75) is 6.42 Å². The van der Waals surface area contributed by atoms with E-state index in [1.165, 1.54) is 0 Å². The molecule has 0 unspecified atom stereocenters. The number of carbonyl (C=O) groups excluding carboxylic acids is 1. The molecule has 0 radical (unpaired) electrons. The summed E-state index contributed by atoms with van der Waals surface area (Å²) in [7, 11) is 0. The van der Waals surface area contributed by atoms with Gasteiger partial charge in [-0.1, -0.05) is 5.16 Å². The van der Waals surface area contributed by atoms with E-state index in [2.05, 4.69) is 5.16 Å². The van der Waals surface area contributed by atoms with Gasteiger partial charge in [-0.05, 0) is 6.07 Å². The zero-order valence-corrected chi connectivity index (χ0v) is 6.61. The van der Waals surface area contributed by atoms with Crippen LogP contribution in [0, 0.1) is 0 Å². The van der Waals surface area contributed by atoms with Gasteiger partial charge in [-0.3, -0.25) is 4.79 Å². The lowest BCUT2D eigenvalue weighted by Crippen LogP contribution is -1.76. The molecule has 0 bridgehead atoms. The van der Waals surface area contributed by atoms with E-state index in [-0.39, 0.29) is 0 Å². The lowest BCUT2D eigenvalue weighted by Gasteiger charge is -1.84. The summed E-state index contributed by atoms with van der Waals surface area (Å²) >= 11 is 0. The minimum atomic E-state index is 0.340. The molecule has 1 aliphatic rings. The van der Waals surface area contributed by atoms with Crippen molar-refractivity contribution in [1.29, 1.82) is 0 Å². The third-order valence-corrected chi connectivity index (χ3v) is 2.18. The van der Waals surface area contributed by atoms with Gasteiger partial charge < -0.3 is 8.94 Å². The Morgan fingerprint density at radius 2 is 2.46 bits per heavy atom.